The molecule has 100 valence electrons. The minimum atomic E-state index is -1.04. The van der Waals surface area contributed by atoms with Gasteiger partial charge in [0.15, 0.2) is 0 Å². The number of aliphatic hydroxyl groups excluding tert-OH is 1. The molecule has 1 fully saturated rings. The Labute approximate surface area is 106 Å². The highest BCUT2D eigenvalue weighted by Crippen LogP contribution is 2.23. The van der Waals surface area contributed by atoms with Crippen LogP contribution in [0.25, 0.3) is 0 Å². The molecule has 1 saturated heterocycles. The lowest BCUT2D eigenvalue weighted by molar-refractivity contribution is -0.0250. The van der Waals surface area contributed by atoms with Crippen LogP contribution in [0.2, 0.25) is 0 Å². The summed E-state index contributed by atoms with van der Waals surface area (Å²) in [6.45, 7) is 2.57. The molecule has 2 rings (SSSR count). The van der Waals surface area contributed by atoms with Crippen LogP contribution in [0.5, 0.6) is 0 Å². The Bertz CT molecular complexity index is 428. The van der Waals surface area contributed by atoms with E-state index in [1.54, 1.807) is 17.9 Å². The molecular weight excluding hydrogens is 234 g/mol. The molecule has 1 aliphatic rings. The van der Waals surface area contributed by atoms with Crippen molar-refractivity contribution in [3.05, 3.63) is 23.7 Å². The number of likely N-dealkylation sites (tertiary alicyclic amines) is 1. The first-order valence-electron chi connectivity index (χ1n) is 6.22. The summed E-state index contributed by atoms with van der Waals surface area (Å²) in [6.07, 6.45) is 3.13. The van der Waals surface area contributed by atoms with Gasteiger partial charge in [-0.05, 0) is 32.3 Å². The number of furan rings is 1. The second-order valence-corrected chi connectivity index (χ2v) is 4.92. The summed E-state index contributed by atoms with van der Waals surface area (Å²) >= 11 is 0. The maximum Gasteiger partial charge on any atom is 0.257 e. The fraction of sp³-hybridized carbons (Fsp3) is 0.615. The number of carbonyl (C=O) groups excluding carboxylic acids is 1. The number of aryl methyl sites for hydroxylation is 1. The zero-order chi connectivity index (χ0) is 13.2. The highest BCUT2D eigenvalue weighted by Gasteiger charge is 2.31. The van der Waals surface area contributed by atoms with Gasteiger partial charge in [0.1, 0.15) is 5.76 Å². The summed E-state index contributed by atoms with van der Waals surface area (Å²) in [5.41, 5.74) is -0.468. The first-order valence-corrected chi connectivity index (χ1v) is 6.22. The second-order valence-electron chi connectivity index (χ2n) is 4.92. The molecule has 2 N–H and O–H groups in total. The van der Waals surface area contributed by atoms with E-state index < -0.39 is 5.60 Å². The molecule has 0 bridgehead atoms. The van der Waals surface area contributed by atoms with Crippen molar-refractivity contribution >= 4 is 5.91 Å². The predicted molar refractivity (Wildman–Crippen MR) is 65.2 cm³/mol. The lowest BCUT2D eigenvalue weighted by Gasteiger charge is -2.24. The zero-order valence-electron chi connectivity index (χ0n) is 10.6. The quantitative estimate of drug-likeness (QED) is 0.822. The highest BCUT2D eigenvalue weighted by molar-refractivity contribution is 5.95. The van der Waals surface area contributed by atoms with Crippen molar-refractivity contribution in [3.8, 4) is 0 Å². The van der Waals surface area contributed by atoms with E-state index in [0.717, 1.165) is 0 Å². The number of carbonyl (C=O) groups is 1. The van der Waals surface area contributed by atoms with Crippen molar-refractivity contribution in [1.82, 2.24) is 4.90 Å². The molecule has 0 aromatic carbocycles. The number of amides is 1. The molecule has 1 aliphatic heterocycles. The molecule has 18 heavy (non-hydrogen) atoms. The van der Waals surface area contributed by atoms with Crippen LogP contribution in [-0.4, -0.2) is 46.3 Å². The van der Waals surface area contributed by atoms with Crippen LogP contribution in [0.3, 0.4) is 0 Å². The summed E-state index contributed by atoms with van der Waals surface area (Å²) in [5, 5.41) is 19.2. The van der Waals surface area contributed by atoms with Crippen LogP contribution in [0.4, 0.5) is 0 Å². The van der Waals surface area contributed by atoms with Gasteiger partial charge < -0.3 is 19.5 Å². The fourth-order valence-corrected chi connectivity index (χ4v) is 2.32. The first-order chi connectivity index (χ1) is 8.56. The molecule has 0 saturated carbocycles. The Morgan fingerprint density at radius 1 is 1.50 bits per heavy atom. The average molecular weight is 253 g/mol. The smallest absolute Gasteiger partial charge is 0.257 e. The molecule has 2 heterocycles. The maximum atomic E-state index is 12.3. The molecule has 1 unspecified atom stereocenters. The lowest BCUT2D eigenvalue weighted by Crippen LogP contribution is -2.36. The van der Waals surface area contributed by atoms with Crippen LogP contribution in [-0.2, 0) is 0 Å². The van der Waals surface area contributed by atoms with Crippen molar-refractivity contribution in [1.29, 1.82) is 0 Å². The van der Waals surface area contributed by atoms with Gasteiger partial charge in [-0.15, -0.1) is 0 Å². The topological polar surface area (TPSA) is 73.9 Å². The Hall–Kier alpha value is -1.33. The van der Waals surface area contributed by atoms with Crippen molar-refractivity contribution < 1.29 is 19.4 Å². The molecular formula is C13H19NO4. The maximum absolute atomic E-state index is 12.3. The van der Waals surface area contributed by atoms with E-state index in [1.807, 2.05) is 0 Å². The summed E-state index contributed by atoms with van der Waals surface area (Å²) in [5.74, 6) is 0.546. The summed E-state index contributed by atoms with van der Waals surface area (Å²) in [7, 11) is 0. The van der Waals surface area contributed by atoms with Crippen LogP contribution in [0.1, 0.15) is 35.4 Å². The van der Waals surface area contributed by atoms with E-state index in [9.17, 15) is 9.90 Å². The SMILES string of the molecule is Cc1occc1C(=O)N1CCCC(O)(CO)CC1. The van der Waals surface area contributed by atoms with Gasteiger partial charge in [0.25, 0.3) is 5.91 Å². The fourth-order valence-electron chi connectivity index (χ4n) is 2.32. The Balaban J connectivity index is 2.07. The number of hydrogen-bond acceptors (Lipinski definition) is 4. The molecule has 1 aromatic heterocycles. The largest absolute Gasteiger partial charge is 0.469 e. The molecule has 0 spiro atoms. The zero-order valence-corrected chi connectivity index (χ0v) is 10.6. The number of nitrogens with zero attached hydrogens (tertiary/aromatic N) is 1. The van der Waals surface area contributed by atoms with Crippen molar-refractivity contribution in [2.75, 3.05) is 19.7 Å². The number of rotatable bonds is 2. The lowest BCUT2D eigenvalue weighted by atomic mass is 9.96. The molecule has 0 aliphatic carbocycles. The molecule has 0 radical (unpaired) electrons. The van der Waals surface area contributed by atoms with E-state index in [1.165, 1.54) is 6.26 Å². The van der Waals surface area contributed by atoms with Gasteiger partial charge in [-0.3, -0.25) is 4.79 Å². The minimum absolute atomic E-state index is 0.0663. The normalized spacial score (nSPS) is 24.9. The van der Waals surface area contributed by atoms with Crippen molar-refractivity contribution in [3.63, 3.8) is 0 Å². The summed E-state index contributed by atoms with van der Waals surface area (Å²) in [6, 6.07) is 1.67. The van der Waals surface area contributed by atoms with Crippen LogP contribution < -0.4 is 0 Å². The molecule has 5 nitrogen and oxygen atoms in total. The van der Waals surface area contributed by atoms with Crippen molar-refractivity contribution in [2.45, 2.75) is 31.8 Å². The van der Waals surface area contributed by atoms with E-state index >= 15 is 0 Å². The van der Waals surface area contributed by atoms with E-state index in [4.69, 9.17) is 9.52 Å². The van der Waals surface area contributed by atoms with E-state index in [0.29, 0.717) is 43.7 Å². The molecule has 1 atom stereocenters. The standard InChI is InChI=1S/C13H19NO4/c1-10-11(3-8-18-10)12(16)14-6-2-4-13(17,9-15)5-7-14/h3,8,15,17H,2,4-7,9H2,1H3. The number of aliphatic hydroxyl groups is 2. The third kappa shape index (κ3) is 2.57. The van der Waals surface area contributed by atoms with Gasteiger partial charge in [0, 0.05) is 13.1 Å². The van der Waals surface area contributed by atoms with Gasteiger partial charge in [0.05, 0.1) is 24.0 Å². The molecule has 5 heteroatoms. The number of hydrogen-bond donors (Lipinski definition) is 2. The molecule has 1 amide bonds. The monoisotopic (exact) mass is 253 g/mol. The van der Waals surface area contributed by atoms with E-state index in [-0.39, 0.29) is 12.5 Å². The van der Waals surface area contributed by atoms with Gasteiger partial charge in [0.2, 0.25) is 0 Å². The third-order valence-electron chi connectivity index (χ3n) is 3.59. The Morgan fingerprint density at radius 2 is 2.28 bits per heavy atom. The minimum Gasteiger partial charge on any atom is -0.469 e. The van der Waals surface area contributed by atoms with Gasteiger partial charge in [-0.1, -0.05) is 0 Å². The van der Waals surface area contributed by atoms with Crippen LogP contribution in [0.15, 0.2) is 16.7 Å². The average Bonchev–Trinajstić information content (AvgIpc) is 2.68. The van der Waals surface area contributed by atoms with Crippen molar-refractivity contribution in [2.24, 2.45) is 0 Å². The van der Waals surface area contributed by atoms with Gasteiger partial charge >= 0.3 is 0 Å². The Morgan fingerprint density at radius 3 is 2.89 bits per heavy atom. The van der Waals surface area contributed by atoms with Crippen LogP contribution >= 0.6 is 0 Å². The highest BCUT2D eigenvalue weighted by atomic mass is 16.3. The Kier molecular flexibility index (Phi) is 3.73. The summed E-state index contributed by atoms with van der Waals surface area (Å²) < 4.78 is 5.13. The van der Waals surface area contributed by atoms with Gasteiger partial charge in [-0.25, -0.2) is 0 Å². The van der Waals surface area contributed by atoms with E-state index in [2.05, 4.69) is 0 Å². The van der Waals surface area contributed by atoms with Crippen LogP contribution in [0, 0.1) is 6.92 Å². The summed E-state index contributed by atoms with van der Waals surface area (Å²) in [4.78, 5) is 14.0. The third-order valence-corrected chi connectivity index (χ3v) is 3.59. The van der Waals surface area contributed by atoms with Gasteiger partial charge in [-0.2, -0.15) is 0 Å². The first kappa shape index (κ1) is 13.1. The molecule has 1 aromatic rings. The second kappa shape index (κ2) is 5.12. The predicted octanol–water partition coefficient (Wildman–Crippen LogP) is 0.938.